The summed E-state index contributed by atoms with van der Waals surface area (Å²) in [6, 6.07) is 6.46. The molecule has 0 aliphatic carbocycles. The van der Waals surface area contributed by atoms with E-state index in [0.29, 0.717) is 17.7 Å². The Balaban J connectivity index is 1.66. The van der Waals surface area contributed by atoms with Crippen molar-refractivity contribution in [1.82, 2.24) is 16.0 Å². The summed E-state index contributed by atoms with van der Waals surface area (Å²) in [6.45, 7) is 2.96. The molecule has 7 nitrogen and oxygen atoms in total. The van der Waals surface area contributed by atoms with Gasteiger partial charge in [-0.2, -0.15) is 0 Å². The number of aliphatic carboxylic acids is 1. The maximum Gasteiger partial charge on any atom is 0.305 e. The number of rotatable bonds is 11. The molecule has 28 heavy (non-hydrogen) atoms. The Bertz CT molecular complexity index is 657. The van der Waals surface area contributed by atoms with Crippen LogP contribution in [0.3, 0.4) is 0 Å². The molecule has 7 heteroatoms. The highest BCUT2D eigenvalue weighted by Gasteiger charge is 2.13. The van der Waals surface area contributed by atoms with E-state index < -0.39 is 5.97 Å². The van der Waals surface area contributed by atoms with Gasteiger partial charge in [-0.05, 0) is 56.5 Å². The third-order valence-corrected chi connectivity index (χ3v) is 5.04. The minimum Gasteiger partial charge on any atom is -0.481 e. The number of benzene rings is 1. The molecular formula is C21H31N3O4. The van der Waals surface area contributed by atoms with Crippen LogP contribution in [0, 0.1) is 5.92 Å². The van der Waals surface area contributed by atoms with Crippen molar-refractivity contribution >= 4 is 17.8 Å². The smallest absolute Gasteiger partial charge is 0.305 e. The molecule has 1 fully saturated rings. The lowest BCUT2D eigenvalue weighted by Crippen LogP contribution is -2.28. The Kier molecular flexibility index (Phi) is 9.48. The molecule has 2 amide bonds. The van der Waals surface area contributed by atoms with Gasteiger partial charge in [-0.3, -0.25) is 14.4 Å². The van der Waals surface area contributed by atoms with Gasteiger partial charge in [0.2, 0.25) is 0 Å². The van der Waals surface area contributed by atoms with Crippen LogP contribution in [0.5, 0.6) is 0 Å². The summed E-state index contributed by atoms with van der Waals surface area (Å²) < 4.78 is 0. The van der Waals surface area contributed by atoms with Crippen molar-refractivity contribution in [1.29, 1.82) is 0 Å². The highest BCUT2D eigenvalue weighted by Crippen LogP contribution is 2.19. The summed E-state index contributed by atoms with van der Waals surface area (Å²) in [5, 5.41) is 17.4. The Labute approximate surface area is 166 Å². The normalized spacial score (nSPS) is 14.4. The van der Waals surface area contributed by atoms with Gasteiger partial charge in [0.1, 0.15) is 0 Å². The quantitative estimate of drug-likeness (QED) is 0.434. The molecule has 1 saturated heterocycles. The second-order valence-corrected chi connectivity index (χ2v) is 7.28. The van der Waals surface area contributed by atoms with Crippen LogP contribution in [0.2, 0.25) is 0 Å². The largest absolute Gasteiger partial charge is 0.481 e. The Morgan fingerprint density at radius 3 is 2.25 bits per heavy atom. The Hall–Kier alpha value is -2.41. The highest BCUT2D eigenvalue weighted by molar-refractivity contribution is 5.99. The molecule has 1 aromatic rings. The first-order valence-electron chi connectivity index (χ1n) is 10.1. The minimum atomic E-state index is -0.968. The van der Waals surface area contributed by atoms with Crippen LogP contribution in [0.1, 0.15) is 65.7 Å². The van der Waals surface area contributed by atoms with Crippen molar-refractivity contribution in [3.05, 3.63) is 35.4 Å². The van der Waals surface area contributed by atoms with Gasteiger partial charge in [-0.1, -0.05) is 25.3 Å². The van der Waals surface area contributed by atoms with Crippen molar-refractivity contribution in [2.24, 2.45) is 5.92 Å². The molecule has 154 valence electrons. The molecule has 2 rings (SSSR count). The van der Waals surface area contributed by atoms with Crippen LogP contribution < -0.4 is 16.0 Å². The molecule has 4 N–H and O–H groups in total. The summed E-state index contributed by atoms with van der Waals surface area (Å²) in [5.74, 6) is -0.697. The van der Waals surface area contributed by atoms with Crippen molar-refractivity contribution in [3.63, 3.8) is 0 Å². The SMILES string of the molecule is O=C(O)CCNC(=O)c1cccc(C(=O)NCCCCCC2CCNCC2)c1. The average Bonchev–Trinajstić information content (AvgIpc) is 2.71. The molecule has 0 spiro atoms. The predicted octanol–water partition coefficient (Wildman–Crippen LogP) is 2.18. The summed E-state index contributed by atoms with van der Waals surface area (Å²) in [4.78, 5) is 34.8. The van der Waals surface area contributed by atoms with E-state index >= 15 is 0 Å². The lowest BCUT2D eigenvalue weighted by atomic mass is 9.92. The van der Waals surface area contributed by atoms with E-state index in [1.807, 2.05) is 0 Å². The number of unbranched alkanes of at least 4 members (excludes halogenated alkanes) is 2. The van der Waals surface area contributed by atoms with E-state index in [-0.39, 0.29) is 24.8 Å². The third-order valence-electron chi connectivity index (χ3n) is 5.04. The molecule has 0 radical (unpaired) electrons. The van der Waals surface area contributed by atoms with Crippen LogP contribution in [-0.2, 0) is 4.79 Å². The van der Waals surface area contributed by atoms with Crippen molar-refractivity contribution in [2.45, 2.75) is 44.9 Å². The van der Waals surface area contributed by atoms with Crippen molar-refractivity contribution in [2.75, 3.05) is 26.2 Å². The van der Waals surface area contributed by atoms with Gasteiger partial charge in [-0.25, -0.2) is 0 Å². The number of carboxylic acids is 1. The first-order valence-corrected chi connectivity index (χ1v) is 10.1. The van der Waals surface area contributed by atoms with Crippen molar-refractivity contribution in [3.8, 4) is 0 Å². The molecular weight excluding hydrogens is 358 g/mol. The standard InChI is InChI=1S/C21H31N3O4/c25-19(26)10-14-24-21(28)18-7-4-6-17(15-18)20(27)23-11-3-1-2-5-16-8-12-22-13-9-16/h4,6-7,15-16,22H,1-3,5,8-14H2,(H,23,27)(H,24,28)(H,25,26). The van der Waals surface area contributed by atoms with E-state index in [1.54, 1.807) is 18.2 Å². The number of amides is 2. The number of carbonyl (C=O) groups excluding carboxylic acids is 2. The zero-order valence-electron chi connectivity index (χ0n) is 16.3. The maximum atomic E-state index is 12.3. The van der Waals surface area contributed by atoms with E-state index in [4.69, 9.17) is 5.11 Å². The Morgan fingerprint density at radius 2 is 1.61 bits per heavy atom. The molecule has 1 aromatic carbocycles. The van der Waals surface area contributed by atoms with Gasteiger partial charge in [0.25, 0.3) is 11.8 Å². The van der Waals surface area contributed by atoms with E-state index in [0.717, 1.165) is 31.8 Å². The van der Waals surface area contributed by atoms with Gasteiger partial charge in [0.05, 0.1) is 6.42 Å². The molecule has 1 aliphatic rings. The number of piperidine rings is 1. The summed E-state index contributed by atoms with van der Waals surface area (Å²) in [5.41, 5.74) is 0.778. The third kappa shape index (κ3) is 8.08. The molecule has 0 aromatic heterocycles. The molecule has 1 heterocycles. The van der Waals surface area contributed by atoms with Gasteiger partial charge in [0, 0.05) is 24.2 Å². The molecule has 0 saturated carbocycles. The van der Waals surface area contributed by atoms with E-state index in [2.05, 4.69) is 16.0 Å². The number of carboxylic acid groups (broad SMARTS) is 1. The Morgan fingerprint density at radius 1 is 0.964 bits per heavy atom. The first kappa shape index (κ1) is 21.9. The van der Waals surface area contributed by atoms with Crippen LogP contribution in [0.25, 0.3) is 0 Å². The van der Waals surface area contributed by atoms with Crippen LogP contribution in [0.4, 0.5) is 0 Å². The van der Waals surface area contributed by atoms with Gasteiger partial charge in [-0.15, -0.1) is 0 Å². The van der Waals surface area contributed by atoms with Crippen molar-refractivity contribution < 1.29 is 19.5 Å². The van der Waals surface area contributed by atoms with Crippen LogP contribution in [-0.4, -0.2) is 49.1 Å². The monoisotopic (exact) mass is 389 g/mol. The topological polar surface area (TPSA) is 108 Å². The van der Waals surface area contributed by atoms with E-state index in [1.165, 1.54) is 31.7 Å². The second kappa shape index (κ2) is 12.1. The minimum absolute atomic E-state index is 0.0575. The summed E-state index contributed by atoms with van der Waals surface area (Å²) >= 11 is 0. The molecule has 0 bridgehead atoms. The van der Waals surface area contributed by atoms with Gasteiger partial charge in [0.15, 0.2) is 0 Å². The number of carbonyl (C=O) groups is 3. The molecule has 1 aliphatic heterocycles. The lowest BCUT2D eigenvalue weighted by molar-refractivity contribution is -0.136. The lowest BCUT2D eigenvalue weighted by Gasteiger charge is -2.22. The first-order chi connectivity index (χ1) is 13.6. The van der Waals surface area contributed by atoms with Gasteiger partial charge >= 0.3 is 5.97 Å². The molecule has 0 unspecified atom stereocenters. The fourth-order valence-corrected chi connectivity index (χ4v) is 3.40. The fourth-order valence-electron chi connectivity index (χ4n) is 3.40. The van der Waals surface area contributed by atoms with E-state index in [9.17, 15) is 14.4 Å². The zero-order chi connectivity index (χ0) is 20.2. The highest BCUT2D eigenvalue weighted by atomic mass is 16.4. The second-order valence-electron chi connectivity index (χ2n) is 7.28. The van der Waals surface area contributed by atoms with Crippen LogP contribution in [0.15, 0.2) is 24.3 Å². The average molecular weight is 389 g/mol. The predicted molar refractivity (Wildman–Crippen MR) is 107 cm³/mol. The summed E-state index contributed by atoms with van der Waals surface area (Å²) in [7, 11) is 0. The fraction of sp³-hybridized carbons (Fsp3) is 0.571. The number of hydrogen-bond acceptors (Lipinski definition) is 4. The number of hydrogen-bond donors (Lipinski definition) is 4. The number of nitrogens with one attached hydrogen (secondary N) is 3. The van der Waals surface area contributed by atoms with Gasteiger partial charge < -0.3 is 21.1 Å². The van der Waals surface area contributed by atoms with Crippen LogP contribution >= 0.6 is 0 Å². The summed E-state index contributed by atoms with van der Waals surface area (Å²) in [6.07, 6.45) is 6.95. The molecule has 0 atom stereocenters. The zero-order valence-corrected chi connectivity index (χ0v) is 16.3. The maximum absolute atomic E-state index is 12.3.